The summed E-state index contributed by atoms with van der Waals surface area (Å²) in [5.41, 5.74) is 0. The lowest BCUT2D eigenvalue weighted by Crippen LogP contribution is -2.16. The van der Waals surface area contributed by atoms with E-state index < -0.39 is 16.9 Å². The van der Waals surface area contributed by atoms with Crippen molar-refractivity contribution in [2.24, 2.45) is 0 Å². The molecule has 0 aromatic heterocycles. The van der Waals surface area contributed by atoms with Crippen LogP contribution in [0.2, 0.25) is 0 Å². The van der Waals surface area contributed by atoms with E-state index in [1.165, 1.54) is 0 Å². The SMILES string of the molecule is C1COP(NCP2OCCO2)OC1. The molecule has 2 saturated heterocycles. The normalized spacial score (nSPS) is 26.8. The Morgan fingerprint density at radius 3 is 2.31 bits per heavy atom. The first kappa shape index (κ1) is 10.2. The Hall–Kier alpha value is 0.660. The van der Waals surface area contributed by atoms with Crippen LogP contribution in [-0.2, 0) is 18.1 Å². The molecule has 13 heavy (non-hydrogen) atoms. The fourth-order valence-corrected chi connectivity index (χ4v) is 3.59. The Balaban J connectivity index is 1.60. The van der Waals surface area contributed by atoms with Crippen LogP contribution in [0.5, 0.6) is 0 Å². The zero-order valence-corrected chi connectivity index (χ0v) is 9.06. The molecule has 5 nitrogen and oxygen atoms in total. The van der Waals surface area contributed by atoms with E-state index in [0.717, 1.165) is 19.6 Å². The molecule has 0 atom stereocenters. The van der Waals surface area contributed by atoms with Crippen LogP contribution in [-0.4, -0.2) is 32.7 Å². The standard InChI is InChI=1S/C6H13NO4P2/c1-2-10-13(11-3-1)7-6-12-8-4-5-9-12/h7H,1-6H2. The van der Waals surface area contributed by atoms with Crippen molar-refractivity contribution >= 4 is 16.9 Å². The molecular formula is C6H13NO4P2. The molecule has 2 rings (SSSR count). The molecule has 2 aliphatic heterocycles. The van der Waals surface area contributed by atoms with Crippen molar-refractivity contribution in [3.8, 4) is 0 Å². The summed E-state index contributed by atoms with van der Waals surface area (Å²) < 4.78 is 21.4. The van der Waals surface area contributed by atoms with Gasteiger partial charge in [-0.15, -0.1) is 0 Å². The maximum absolute atomic E-state index is 5.37. The summed E-state index contributed by atoms with van der Waals surface area (Å²) in [6.07, 6.45) is 1.70. The molecule has 1 N–H and O–H groups in total. The van der Waals surface area contributed by atoms with Crippen molar-refractivity contribution < 1.29 is 18.1 Å². The minimum absolute atomic E-state index is 0.709. The third kappa shape index (κ3) is 3.37. The highest BCUT2D eigenvalue weighted by atomic mass is 31.2. The summed E-state index contributed by atoms with van der Waals surface area (Å²) in [6.45, 7) is 3.01. The summed E-state index contributed by atoms with van der Waals surface area (Å²) >= 11 is 0. The largest absolute Gasteiger partial charge is 0.331 e. The summed E-state index contributed by atoms with van der Waals surface area (Å²) in [6, 6.07) is 0. The van der Waals surface area contributed by atoms with Gasteiger partial charge in [0.15, 0.2) is 8.38 Å². The second-order valence-corrected chi connectivity index (χ2v) is 5.44. The average molecular weight is 225 g/mol. The fourth-order valence-electron chi connectivity index (χ4n) is 1.00. The van der Waals surface area contributed by atoms with Crippen LogP contribution in [0, 0.1) is 0 Å². The molecular weight excluding hydrogens is 212 g/mol. The molecule has 7 heteroatoms. The second-order valence-electron chi connectivity index (χ2n) is 2.59. The van der Waals surface area contributed by atoms with Crippen molar-refractivity contribution in [1.82, 2.24) is 5.09 Å². The third-order valence-electron chi connectivity index (χ3n) is 1.59. The lowest BCUT2D eigenvalue weighted by Gasteiger charge is -2.22. The molecule has 2 aliphatic rings. The van der Waals surface area contributed by atoms with Gasteiger partial charge in [-0.2, -0.15) is 0 Å². The maximum atomic E-state index is 5.37. The van der Waals surface area contributed by atoms with Gasteiger partial charge in [0.1, 0.15) is 0 Å². The average Bonchev–Trinajstić information content (AvgIpc) is 2.69. The Bertz CT molecular complexity index is 150. The zero-order valence-electron chi connectivity index (χ0n) is 7.27. The predicted molar refractivity (Wildman–Crippen MR) is 50.3 cm³/mol. The molecule has 0 aromatic rings. The second kappa shape index (κ2) is 5.52. The van der Waals surface area contributed by atoms with Gasteiger partial charge >= 0.3 is 0 Å². The molecule has 0 aliphatic carbocycles. The lowest BCUT2D eigenvalue weighted by molar-refractivity contribution is 0.176. The zero-order chi connectivity index (χ0) is 8.93. The van der Waals surface area contributed by atoms with E-state index in [1.807, 2.05) is 0 Å². The van der Waals surface area contributed by atoms with Gasteiger partial charge in [-0.3, -0.25) is 0 Å². The van der Waals surface area contributed by atoms with Crippen molar-refractivity contribution in [3.63, 3.8) is 0 Å². The van der Waals surface area contributed by atoms with E-state index in [1.54, 1.807) is 0 Å². The monoisotopic (exact) mass is 225 g/mol. The van der Waals surface area contributed by atoms with Crippen molar-refractivity contribution in [2.75, 3.05) is 32.7 Å². The van der Waals surface area contributed by atoms with E-state index in [-0.39, 0.29) is 0 Å². The third-order valence-corrected chi connectivity index (χ3v) is 4.45. The molecule has 0 spiro atoms. The molecule has 0 bridgehead atoms. The first-order valence-electron chi connectivity index (χ1n) is 4.28. The van der Waals surface area contributed by atoms with Gasteiger partial charge in [-0.1, -0.05) is 0 Å². The minimum Gasteiger partial charge on any atom is -0.331 e. The number of hydrogen-bond donors (Lipinski definition) is 1. The van der Waals surface area contributed by atoms with Crippen molar-refractivity contribution in [2.45, 2.75) is 6.42 Å². The molecule has 0 aromatic carbocycles. The van der Waals surface area contributed by atoms with E-state index >= 15 is 0 Å². The topological polar surface area (TPSA) is 49.0 Å². The highest BCUT2D eigenvalue weighted by molar-refractivity contribution is 7.50. The molecule has 76 valence electrons. The van der Waals surface area contributed by atoms with Crippen LogP contribution < -0.4 is 5.09 Å². The minimum atomic E-state index is -0.882. The van der Waals surface area contributed by atoms with Crippen molar-refractivity contribution in [3.05, 3.63) is 0 Å². The molecule has 0 radical (unpaired) electrons. The van der Waals surface area contributed by atoms with Gasteiger partial charge in [0.05, 0.1) is 32.7 Å². The number of hydrogen-bond acceptors (Lipinski definition) is 5. The Morgan fingerprint density at radius 1 is 0.923 bits per heavy atom. The van der Waals surface area contributed by atoms with Crippen LogP contribution in [0.4, 0.5) is 0 Å². The molecule has 0 amide bonds. The van der Waals surface area contributed by atoms with Crippen LogP contribution in [0.3, 0.4) is 0 Å². The van der Waals surface area contributed by atoms with E-state index in [2.05, 4.69) is 5.09 Å². The quantitative estimate of drug-likeness (QED) is 0.738. The van der Waals surface area contributed by atoms with Gasteiger partial charge in [0, 0.05) is 0 Å². The highest BCUT2D eigenvalue weighted by Gasteiger charge is 2.21. The van der Waals surface area contributed by atoms with Crippen LogP contribution >= 0.6 is 16.9 Å². The molecule has 2 fully saturated rings. The summed E-state index contributed by atoms with van der Waals surface area (Å²) in [5.74, 6) is 0. The van der Waals surface area contributed by atoms with Gasteiger partial charge < -0.3 is 18.1 Å². The van der Waals surface area contributed by atoms with Crippen LogP contribution in [0.1, 0.15) is 6.42 Å². The van der Waals surface area contributed by atoms with E-state index in [9.17, 15) is 0 Å². The fraction of sp³-hybridized carbons (Fsp3) is 1.00. The van der Waals surface area contributed by atoms with Crippen LogP contribution in [0.15, 0.2) is 0 Å². The molecule has 0 unspecified atom stereocenters. The van der Waals surface area contributed by atoms with E-state index in [0.29, 0.717) is 19.5 Å². The van der Waals surface area contributed by atoms with E-state index in [4.69, 9.17) is 18.1 Å². The predicted octanol–water partition coefficient (Wildman–Crippen LogP) is 1.56. The van der Waals surface area contributed by atoms with Gasteiger partial charge in [-0.05, 0) is 6.42 Å². The summed E-state index contributed by atoms with van der Waals surface area (Å²) in [4.78, 5) is 0. The molecule has 0 saturated carbocycles. The summed E-state index contributed by atoms with van der Waals surface area (Å²) in [5, 5.41) is 3.16. The molecule has 2 heterocycles. The Labute approximate surface area is 80.0 Å². The highest BCUT2D eigenvalue weighted by Crippen LogP contribution is 2.45. The van der Waals surface area contributed by atoms with Crippen molar-refractivity contribution in [1.29, 1.82) is 0 Å². The first-order valence-corrected chi connectivity index (χ1v) is 6.82. The van der Waals surface area contributed by atoms with Gasteiger partial charge in [-0.25, -0.2) is 5.09 Å². The van der Waals surface area contributed by atoms with Gasteiger partial charge in [0.2, 0.25) is 0 Å². The number of nitrogens with one attached hydrogen (secondary N) is 1. The smallest absolute Gasteiger partial charge is 0.256 e. The first-order chi connectivity index (χ1) is 6.45. The van der Waals surface area contributed by atoms with Crippen LogP contribution in [0.25, 0.3) is 0 Å². The maximum Gasteiger partial charge on any atom is 0.256 e. The lowest BCUT2D eigenvalue weighted by atomic mass is 10.5. The Morgan fingerprint density at radius 2 is 1.62 bits per heavy atom. The summed E-state index contributed by atoms with van der Waals surface area (Å²) in [7, 11) is -1.61. The Kier molecular flexibility index (Phi) is 4.32. The van der Waals surface area contributed by atoms with Gasteiger partial charge in [0.25, 0.3) is 8.53 Å². The number of rotatable bonds is 3.